The second kappa shape index (κ2) is 9.35. The van der Waals surface area contributed by atoms with Crippen molar-refractivity contribution in [2.45, 2.75) is 20.8 Å². The first-order valence-electron chi connectivity index (χ1n) is 11.8. The summed E-state index contributed by atoms with van der Waals surface area (Å²) in [5, 5.41) is 0. The fourth-order valence-electron chi connectivity index (χ4n) is 4.56. The summed E-state index contributed by atoms with van der Waals surface area (Å²) in [6.45, 7) is 5.60. The van der Waals surface area contributed by atoms with Crippen LogP contribution in [0.5, 0.6) is 0 Å². The second-order valence-corrected chi connectivity index (χ2v) is 8.93. The van der Waals surface area contributed by atoms with Gasteiger partial charge in [0, 0.05) is 17.1 Å². The van der Waals surface area contributed by atoms with Crippen LogP contribution in [0.2, 0.25) is 0 Å². The highest BCUT2D eigenvalue weighted by Gasteiger charge is 2.43. The van der Waals surface area contributed by atoms with E-state index in [9.17, 15) is 18.8 Å². The highest BCUT2D eigenvalue weighted by molar-refractivity contribution is 6.46. The minimum Gasteiger partial charge on any atom is -0.318 e. The van der Waals surface area contributed by atoms with Crippen LogP contribution in [0.1, 0.15) is 22.5 Å². The molecule has 5 rings (SSSR count). The Balaban J connectivity index is 1.66. The Kier molecular flexibility index (Phi) is 6.05. The molecule has 3 aromatic carbocycles. The normalized spacial score (nSPS) is 15.1. The highest BCUT2D eigenvalue weighted by Crippen LogP contribution is 2.31. The summed E-state index contributed by atoms with van der Waals surface area (Å²) in [5.41, 5.74) is 4.32. The first-order chi connectivity index (χ1) is 17.8. The number of urea groups is 1. The van der Waals surface area contributed by atoms with E-state index in [-0.39, 0.29) is 11.4 Å². The molecule has 184 valence electrons. The molecule has 1 fully saturated rings. The Morgan fingerprint density at radius 3 is 1.89 bits per heavy atom. The number of anilines is 2. The van der Waals surface area contributed by atoms with Crippen LogP contribution in [-0.4, -0.2) is 22.4 Å². The van der Waals surface area contributed by atoms with Gasteiger partial charge in [-0.05, 0) is 80.9 Å². The van der Waals surface area contributed by atoms with Crippen LogP contribution in [-0.2, 0) is 9.59 Å². The Morgan fingerprint density at radius 2 is 1.27 bits per heavy atom. The molecule has 1 aliphatic heterocycles. The molecule has 1 saturated heterocycles. The number of nitrogens with zero attached hydrogens (tertiary/aromatic N) is 3. The number of benzene rings is 3. The molecule has 0 bridgehead atoms. The van der Waals surface area contributed by atoms with E-state index in [1.807, 2.05) is 31.4 Å². The van der Waals surface area contributed by atoms with Crippen molar-refractivity contribution in [1.82, 2.24) is 4.57 Å². The van der Waals surface area contributed by atoms with Crippen molar-refractivity contribution in [2.75, 3.05) is 9.80 Å². The van der Waals surface area contributed by atoms with E-state index in [1.54, 1.807) is 66.7 Å². The van der Waals surface area contributed by atoms with Crippen LogP contribution in [0, 0.1) is 26.6 Å². The summed E-state index contributed by atoms with van der Waals surface area (Å²) in [6, 6.07) is 22.8. The average Bonchev–Trinajstić information content (AvgIpc) is 3.16. The third-order valence-electron chi connectivity index (χ3n) is 6.39. The maximum absolute atomic E-state index is 13.9. The van der Waals surface area contributed by atoms with Crippen LogP contribution in [0.15, 0.2) is 90.5 Å². The lowest BCUT2D eigenvalue weighted by molar-refractivity contribution is -0.121. The van der Waals surface area contributed by atoms with Crippen molar-refractivity contribution < 1.29 is 18.8 Å². The van der Waals surface area contributed by atoms with Crippen molar-refractivity contribution in [3.8, 4) is 5.69 Å². The summed E-state index contributed by atoms with van der Waals surface area (Å²) in [6.07, 6.45) is 1.51. The Bertz CT molecular complexity index is 1570. The van der Waals surface area contributed by atoms with Crippen molar-refractivity contribution in [2.24, 2.45) is 0 Å². The van der Waals surface area contributed by atoms with E-state index in [0.29, 0.717) is 22.6 Å². The van der Waals surface area contributed by atoms with Gasteiger partial charge >= 0.3 is 6.03 Å². The molecular weight excluding hydrogens is 469 g/mol. The fraction of sp³-hybridized carbons (Fsp3) is 0.100. The van der Waals surface area contributed by atoms with Gasteiger partial charge in [0.05, 0.1) is 11.4 Å². The van der Waals surface area contributed by atoms with Crippen LogP contribution in [0.25, 0.3) is 11.8 Å². The van der Waals surface area contributed by atoms with E-state index in [4.69, 9.17) is 0 Å². The van der Waals surface area contributed by atoms with Gasteiger partial charge in [0.15, 0.2) is 0 Å². The average molecular weight is 494 g/mol. The molecule has 4 amide bonds. The molecule has 0 spiro atoms. The smallest absolute Gasteiger partial charge is 0.318 e. The number of halogens is 1. The zero-order chi connectivity index (χ0) is 26.3. The number of imide groups is 2. The summed E-state index contributed by atoms with van der Waals surface area (Å²) < 4.78 is 15.8. The summed E-state index contributed by atoms with van der Waals surface area (Å²) in [4.78, 5) is 42.8. The Hall–Kier alpha value is -4.78. The summed E-state index contributed by atoms with van der Waals surface area (Å²) >= 11 is 0. The van der Waals surface area contributed by atoms with Gasteiger partial charge < -0.3 is 4.57 Å². The third kappa shape index (κ3) is 4.25. The molecule has 1 aliphatic rings. The van der Waals surface area contributed by atoms with Gasteiger partial charge in [-0.1, -0.05) is 42.0 Å². The number of amides is 4. The molecule has 1 aromatic heterocycles. The van der Waals surface area contributed by atoms with E-state index < -0.39 is 17.8 Å². The maximum Gasteiger partial charge on any atom is 0.343 e. The number of para-hydroxylation sites is 1. The number of aryl methyl sites for hydroxylation is 2. The summed E-state index contributed by atoms with van der Waals surface area (Å²) in [7, 11) is 0. The topological polar surface area (TPSA) is 62.6 Å². The molecule has 0 atom stereocenters. The monoisotopic (exact) mass is 493 g/mol. The fourth-order valence-corrected chi connectivity index (χ4v) is 4.56. The lowest BCUT2D eigenvalue weighted by atomic mass is 10.0. The largest absolute Gasteiger partial charge is 0.343 e. The van der Waals surface area contributed by atoms with Gasteiger partial charge in [0.25, 0.3) is 11.8 Å². The SMILES string of the molecule is Cc1ccc(N2C(=O)/C(=C/c3cc(C)n(-c4cccc(F)c4)c3C)C(=O)N(c3ccccc3)C2=O)cc1. The molecule has 0 radical (unpaired) electrons. The van der Waals surface area contributed by atoms with Crippen LogP contribution in [0.3, 0.4) is 0 Å². The predicted octanol–water partition coefficient (Wildman–Crippen LogP) is 6.13. The van der Waals surface area contributed by atoms with Crippen molar-refractivity contribution >= 4 is 35.3 Å². The van der Waals surface area contributed by atoms with Gasteiger partial charge in [-0.15, -0.1) is 0 Å². The first-order valence-corrected chi connectivity index (χ1v) is 11.8. The van der Waals surface area contributed by atoms with Gasteiger partial charge in [0.2, 0.25) is 0 Å². The van der Waals surface area contributed by atoms with Crippen molar-refractivity contribution in [3.05, 3.63) is 119 Å². The number of barbiturate groups is 1. The van der Waals surface area contributed by atoms with Crippen LogP contribution >= 0.6 is 0 Å². The van der Waals surface area contributed by atoms with Gasteiger partial charge in [-0.2, -0.15) is 0 Å². The Labute approximate surface area is 213 Å². The van der Waals surface area contributed by atoms with Gasteiger partial charge in [-0.3, -0.25) is 9.59 Å². The number of hydrogen-bond donors (Lipinski definition) is 0. The zero-order valence-electron chi connectivity index (χ0n) is 20.6. The van der Waals surface area contributed by atoms with Crippen molar-refractivity contribution in [1.29, 1.82) is 0 Å². The van der Waals surface area contributed by atoms with Crippen molar-refractivity contribution in [3.63, 3.8) is 0 Å². The quantitative estimate of drug-likeness (QED) is 0.254. The standard InChI is InChI=1S/C30H24FN3O3/c1-19-12-14-25(15-13-19)34-29(36)27(28(35)33(30(34)37)24-9-5-4-6-10-24)17-22-16-20(2)32(21(22)3)26-11-7-8-23(31)18-26/h4-18H,1-3H3/b27-17+. The number of aromatic nitrogens is 1. The number of rotatable bonds is 4. The number of carbonyl (C=O) groups is 3. The van der Waals surface area contributed by atoms with E-state index in [2.05, 4.69) is 0 Å². The molecule has 0 unspecified atom stereocenters. The molecular formula is C30H24FN3O3. The molecule has 7 heteroatoms. The predicted molar refractivity (Wildman–Crippen MR) is 141 cm³/mol. The first kappa shape index (κ1) is 23.9. The molecule has 0 N–H and O–H groups in total. The second-order valence-electron chi connectivity index (χ2n) is 8.93. The summed E-state index contributed by atoms with van der Waals surface area (Å²) in [5.74, 6) is -1.78. The van der Waals surface area contributed by atoms with Gasteiger partial charge in [0.1, 0.15) is 11.4 Å². The molecule has 6 nitrogen and oxygen atoms in total. The minimum atomic E-state index is -0.743. The number of hydrogen-bond acceptors (Lipinski definition) is 3. The lowest BCUT2D eigenvalue weighted by Crippen LogP contribution is -2.57. The minimum absolute atomic E-state index is 0.150. The van der Waals surface area contributed by atoms with E-state index in [1.165, 1.54) is 18.2 Å². The van der Waals surface area contributed by atoms with E-state index >= 15 is 0 Å². The number of carbonyl (C=O) groups excluding carboxylic acids is 3. The van der Waals surface area contributed by atoms with Crippen LogP contribution < -0.4 is 9.80 Å². The molecule has 37 heavy (non-hydrogen) atoms. The molecule has 2 heterocycles. The van der Waals surface area contributed by atoms with Crippen LogP contribution in [0.4, 0.5) is 20.6 Å². The molecule has 4 aromatic rings. The maximum atomic E-state index is 13.9. The third-order valence-corrected chi connectivity index (χ3v) is 6.39. The van der Waals surface area contributed by atoms with Gasteiger partial charge in [-0.25, -0.2) is 19.0 Å². The van der Waals surface area contributed by atoms with E-state index in [0.717, 1.165) is 26.8 Å². The highest BCUT2D eigenvalue weighted by atomic mass is 19.1. The molecule has 0 aliphatic carbocycles. The molecule has 0 saturated carbocycles. The zero-order valence-corrected chi connectivity index (χ0v) is 20.6. The Morgan fingerprint density at radius 1 is 0.676 bits per heavy atom. The lowest BCUT2D eigenvalue weighted by Gasteiger charge is -2.34.